The Balaban J connectivity index is 2.13. The fraction of sp³-hybridized carbons (Fsp3) is 0.300. The molecule has 80 valence electrons. The molecule has 0 aliphatic heterocycles. The van der Waals surface area contributed by atoms with Crippen LogP contribution in [0.25, 0.3) is 10.8 Å². The molecule has 0 spiro atoms. The normalized spacial score (nSPS) is 10.8. The van der Waals surface area contributed by atoms with Gasteiger partial charge in [-0.1, -0.05) is 0 Å². The van der Waals surface area contributed by atoms with Crippen LogP contribution in [-0.4, -0.2) is 11.5 Å². The molecule has 15 heavy (non-hydrogen) atoms. The molecule has 2 heterocycles. The van der Waals surface area contributed by atoms with E-state index < -0.39 is 0 Å². The lowest BCUT2D eigenvalue weighted by Gasteiger charge is -1.91. The van der Waals surface area contributed by atoms with E-state index in [2.05, 4.69) is 26.3 Å². The third-order valence-electron chi connectivity index (χ3n) is 1.97. The summed E-state index contributed by atoms with van der Waals surface area (Å²) in [5.41, 5.74) is 6.54. The van der Waals surface area contributed by atoms with Crippen LogP contribution in [0.15, 0.2) is 26.6 Å². The lowest BCUT2D eigenvalue weighted by Crippen LogP contribution is -2.00. The van der Waals surface area contributed by atoms with Crippen molar-refractivity contribution < 1.29 is 4.42 Å². The third kappa shape index (κ3) is 2.68. The molecule has 2 aromatic heterocycles. The molecule has 0 saturated carbocycles. The average Bonchev–Trinajstić information content (AvgIpc) is 2.83. The van der Waals surface area contributed by atoms with Crippen LogP contribution in [0.1, 0.15) is 12.1 Å². The largest absolute Gasteiger partial charge is 0.447 e. The van der Waals surface area contributed by atoms with Crippen molar-refractivity contribution in [2.75, 3.05) is 6.54 Å². The number of hydrogen-bond acceptors (Lipinski definition) is 4. The van der Waals surface area contributed by atoms with Gasteiger partial charge in [0.2, 0.25) is 0 Å². The number of furan rings is 1. The Bertz CT molecular complexity index is 438. The SMILES string of the molecule is NCCCc1csc(-c2ccc(Br)o2)n1. The second kappa shape index (κ2) is 4.92. The van der Waals surface area contributed by atoms with E-state index in [0.717, 1.165) is 34.0 Å². The van der Waals surface area contributed by atoms with Crippen molar-refractivity contribution in [1.29, 1.82) is 0 Å². The summed E-state index contributed by atoms with van der Waals surface area (Å²) < 4.78 is 6.16. The zero-order valence-electron chi connectivity index (χ0n) is 8.07. The molecule has 0 saturated heterocycles. The molecule has 0 aliphatic rings. The molecule has 5 heteroatoms. The Morgan fingerprint density at radius 2 is 2.33 bits per heavy atom. The number of nitrogens with zero attached hydrogens (tertiary/aromatic N) is 1. The van der Waals surface area contributed by atoms with Gasteiger partial charge in [0.05, 0.1) is 5.69 Å². The predicted molar refractivity (Wildman–Crippen MR) is 64.9 cm³/mol. The second-order valence-electron chi connectivity index (χ2n) is 3.14. The molecule has 0 atom stereocenters. The molecule has 0 aromatic carbocycles. The van der Waals surface area contributed by atoms with Gasteiger partial charge in [-0.25, -0.2) is 4.98 Å². The quantitative estimate of drug-likeness (QED) is 0.940. The number of rotatable bonds is 4. The van der Waals surface area contributed by atoms with E-state index in [4.69, 9.17) is 10.2 Å². The molecule has 3 nitrogen and oxygen atoms in total. The van der Waals surface area contributed by atoms with Crippen LogP contribution < -0.4 is 5.73 Å². The first kappa shape index (κ1) is 10.9. The number of hydrogen-bond donors (Lipinski definition) is 1. The minimum Gasteiger partial charge on any atom is -0.447 e. The maximum absolute atomic E-state index is 5.45. The first-order valence-electron chi connectivity index (χ1n) is 4.70. The van der Waals surface area contributed by atoms with Gasteiger partial charge in [-0.15, -0.1) is 11.3 Å². The molecule has 2 rings (SSSR count). The van der Waals surface area contributed by atoms with Crippen molar-refractivity contribution in [3.8, 4) is 10.8 Å². The molecular formula is C10H11BrN2OS. The van der Waals surface area contributed by atoms with Gasteiger partial charge in [0.1, 0.15) is 0 Å². The van der Waals surface area contributed by atoms with Crippen molar-refractivity contribution in [2.24, 2.45) is 5.73 Å². The van der Waals surface area contributed by atoms with Crippen LogP contribution in [0, 0.1) is 0 Å². The monoisotopic (exact) mass is 286 g/mol. The topological polar surface area (TPSA) is 52.0 Å². The molecule has 0 unspecified atom stereocenters. The van der Waals surface area contributed by atoms with Crippen LogP contribution in [0.4, 0.5) is 0 Å². The van der Waals surface area contributed by atoms with E-state index in [1.54, 1.807) is 11.3 Å². The van der Waals surface area contributed by atoms with Gasteiger partial charge in [-0.3, -0.25) is 0 Å². The van der Waals surface area contributed by atoms with Crippen LogP contribution >= 0.6 is 27.3 Å². The van der Waals surface area contributed by atoms with Crippen molar-refractivity contribution >= 4 is 27.3 Å². The Labute approximate surface area is 100 Å². The summed E-state index contributed by atoms with van der Waals surface area (Å²) in [4.78, 5) is 4.48. The Morgan fingerprint density at radius 1 is 1.47 bits per heavy atom. The van der Waals surface area contributed by atoms with Crippen molar-refractivity contribution in [2.45, 2.75) is 12.8 Å². The minimum atomic E-state index is 0.708. The smallest absolute Gasteiger partial charge is 0.170 e. The van der Waals surface area contributed by atoms with E-state index in [9.17, 15) is 0 Å². The maximum atomic E-state index is 5.45. The lowest BCUT2D eigenvalue weighted by atomic mass is 10.2. The summed E-state index contributed by atoms with van der Waals surface area (Å²) in [7, 11) is 0. The molecule has 2 aromatic rings. The van der Waals surface area contributed by atoms with Crippen LogP contribution in [0.3, 0.4) is 0 Å². The number of halogens is 1. The van der Waals surface area contributed by atoms with Gasteiger partial charge >= 0.3 is 0 Å². The highest BCUT2D eigenvalue weighted by Gasteiger charge is 2.08. The summed E-state index contributed by atoms with van der Waals surface area (Å²) >= 11 is 4.87. The average molecular weight is 287 g/mol. The Morgan fingerprint density at radius 3 is 3.00 bits per heavy atom. The highest BCUT2D eigenvalue weighted by atomic mass is 79.9. The van der Waals surface area contributed by atoms with E-state index in [1.165, 1.54) is 0 Å². The molecule has 0 radical (unpaired) electrons. The van der Waals surface area contributed by atoms with E-state index >= 15 is 0 Å². The zero-order valence-corrected chi connectivity index (χ0v) is 10.5. The summed E-state index contributed by atoms with van der Waals surface area (Å²) in [6.45, 7) is 0.708. The van der Waals surface area contributed by atoms with E-state index in [-0.39, 0.29) is 0 Å². The third-order valence-corrected chi connectivity index (χ3v) is 3.30. The number of aryl methyl sites for hydroxylation is 1. The van der Waals surface area contributed by atoms with E-state index in [0.29, 0.717) is 6.54 Å². The van der Waals surface area contributed by atoms with E-state index in [1.807, 2.05) is 12.1 Å². The molecule has 0 amide bonds. The first-order chi connectivity index (χ1) is 7.29. The summed E-state index contributed by atoms with van der Waals surface area (Å²) in [6.07, 6.45) is 1.92. The van der Waals surface area contributed by atoms with Gasteiger partial charge in [0.15, 0.2) is 15.4 Å². The molecule has 2 N–H and O–H groups in total. The molecule has 0 aliphatic carbocycles. The summed E-state index contributed by atoms with van der Waals surface area (Å²) in [5, 5.41) is 2.98. The summed E-state index contributed by atoms with van der Waals surface area (Å²) in [5.74, 6) is 0.811. The molecular weight excluding hydrogens is 276 g/mol. The highest BCUT2D eigenvalue weighted by Crippen LogP contribution is 2.27. The van der Waals surface area contributed by atoms with Gasteiger partial charge in [-0.05, 0) is 47.4 Å². The first-order valence-corrected chi connectivity index (χ1v) is 6.37. The fourth-order valence-electron chi connectivity index (χ4n) is 1.25. The molecule has 0 fully saturated rings. The van der Waals surface area contributed by atoms with Crippen molar-refractivity contribution in [1.82, 2.24) is 4.98 Å². The number of nitrogens with two attached hydrogens (primary N) is 1. The van der Waals surface area contributed by atoms with Gasteiger partial charge in [0.25, 0.3) is 0 Å². The predicted octanol–water partition coefficient (Wildman–Crippen LogP) is 3.06. The van der Waals surface area contributed by atoms with Crippen LogP contribution in [0.2, 0.25) is 0 Å². The second-order valence-corrected chi connectivity index (χ2v) is 4.78. The van der Waals surface area contributed by atoms with Crippen LogP contribution in [0.5, 0.6) is 0 Å². The highest BCUT2D eigenvalue weighted by molar-refractivity contribution is 9.10. The maximum Gasteiger partial charge on any atom is 0.170 e. The zero-order chi connectivity index (χ0) is 10.7. The van der Waals surface area contributed by atoms with Gasteiger partial charge in [-0.2, -0.15) is 0 Å². The van der Waals surface area contributed by atoms with Gasteiger partial charge < -0.3 is 10.2 Å². The number of aromatic nitrogens is 1. The summed E-state index contributed by atoms with van der Waals surface area (Å²) in [6, 6.07) is 3.78. The standard InChI is InChI=1S/C10H11BrN2OS/c11-9-4-3-8(14-9)10-13-7(6-15-10)2-1-5-12/h3-4,6H,1-2,5,12H2. The minimum absolute atomic E-state index is 0.708. The Hall–Kier alpha value is -0.650. The lowest BCUT2D eigenvalue weighted by molar-refractivity contribution is 0.555. The van der Waals surface area contributed by atoms with Crippen molar-refractivity contribution in [3.05, 3.63) is 27.9 Å². The van der Waals surface area contributed by atoms with Gasteiger partial charge in [0, 0.05) is 5.38 Å². The Kier molecular flexibility index (Phi) is 3.56. The fourth-order valence-corrected chi connectivity index (χ4v) is 2.37. The number of thiazole rings is 1. The molecule has 0 bridgehead atoms. The van der Waals surface area contributed by atoms with Crippen LogP contribution in [-0.2, 0) is 6.42 Å². The van der Waals surface area contributed by atoms with Crippen molar-refractivity contribution in [3.63, 3.8) is 0 Å².